The fourth-order valence-electron chi connectivity index (χ4n) is 1.29. The minimum atomic E-state index is -0.352. The van der Waals surface area contributed by atoms with Crippen molar-refractivity contribution in [2.75, 3.05) is 27.3 Å². The molecule has 0 aromatic heterocycles. The Balaban J connectivity index is 0.000000400. The van der Waals surface area contributed by atoms with Gasteiger partial charge in [-0.25, -0.2) is 0 Å². The molecule has 21 heavy (non-hydrogen) atoms. The summed E-state index contributed by atoms with van der Waals surface area (Å²) < 4.78 is 9.99. The third-order valence-electron chi connectivity index (χ3n) is 3.71. The standard InChI is InChI=1S/C9H16O3.C7H15NO/c1-4-9(2,3)8(10)12-6-7-5-11-7;1-5-6(2)7(9)8(3)4/h7H,4-6H2,1-3H3;6H,5H2,1-4H3. The molecule has 0 aromatic carbocycles. The molecular weight excluding hydrogens is 270 g/mol. The molecule has 1 aliphatic rings. The Morgan fingerprint density at radius 3 is 2.14 bits per heavy atom. The molecule has 0 radical (unpaired) electrons. The highest BCUT2D eigenvalue weighted by Crippen LogP contribution is 2.22. The van der Waals surface area contributed by atoms with Gasteiger partial charge in [-0.2, -0.15) is 0 Å². The number of ether oxygens (including phenoxy) is 2. The van der Waals surface area contributed by atoms with E-state index in [1.807, 2.05) is 34.6 Å². The lowest BCUT2D eigenvalue weighted by Gasteiger charge is -2.19. The largest absolute Gasteiger partial charge is 0.462 e. The highest BCUT2D eigenvalue weighted by Gasteiger charge is 2.30. The molecule has 1 fully saturated rings. The van der Waals surface area contributed by atoms with E-state index in [0.29, 0.717) is 6.61 Å². The fourth-order valence-corrected chi connectivity index (χ4v) is 1.29. The van der Waals surface area contributed by atoms with Crippen molar-refractivity contribution in [1.29, 1.82) is 0 Å². The summed E-state index contributed by atoms with van der Waals surface area (Å²) in [6.45, 7) is 10.9. The zero-order valence-electron chi connectivity index (χ0n) is 14.6. The molecule has 0 saturated carbocycles. The number of rotatable bonds is 6. The van der Waals surface area contributed by atoms with Gasteiger partial charge in [0.25, 0.3) is 0 Å². The van der Waals surface area contributed by atoms with E-state index in [0.717, 1.165) is 19.4 Å². The van der Waals surface area contributed by atoms with Crippen molar-refractivity contribution < 1.29 is 19.1 Å². The number of nitrogens with zero attached hydrogens (tertiary/aromatic N) is 1. The molecule has 1 rings (SSSR count). The summed E-state index contributed by atoms with van der Waals surface area (Å²) in [6.07, 6.45) is 1.90. The van der Waals surface area contributed by atoms with Crippen LogP contribution in [0.5, 0.6) is 0 Å². The Hall–Kier alpha value is -1.10. The number of epoxide rings is 1. The van der Waals surface area contributed by atoms with Crippen LogP contribution in [0, 0.1) is 11.3 Å². The van der Waals surface area contributed by atoms with Gasteiger partial charge in [0.1, 0.15) is 12.7 Å². The van der Waals surface area contributed by atoms with Crippen LogP contribution in [0.25, 0.3) is 0 Å². The van der Waals surface area contributed by atoms with Crippen LogP contribution in [0.15, 0.2) is 0 Å². The van der Waals surface area contributed by atoms with Gasteiger partial charge < -0.3 is 14.4 Å². The van der Waals surface area contributed by atoms with Gasteiger partial charge in [0.2, 0.25) is 5.91 Å². The Morgan fingerprint density at radius 2 is 1.86 bits per heavy atom. The number of carbonyl (C=O) groups excluding carboxylic acids is 2. The minimum Gasteiger partial charge on any atom is -0.462 e. The molecule has 5 heteroatoms. The van der Waals surface area contributed by atoms with Gasteiger partial charge in [-0.15, -0.1) is 0 Å². The van der Waals surface area contributed by atoms with Crippen LogP contribution in [0.3, 0.4) is 0 Å². The average Bonchev–Trinajstić information content (AvgIpc) is 3.27. The molecule has 0 aromatic rings. The lowest BCUT2D eigenvalue weighted by Crippen LogP contribution is -2.27. The SMILES string of the molecule is CCC(C)(C)C(=O)OCC1CO1.CCC(C)C(=O)N(C)C. The summed E-state index contributed by atoms with van der Waals surface area (Å²) in [5, 5.41) is 0. The van der Waals surface area contributed by atoms with Crippen LogP contribution in [0.1, 0.15) is 47.5 Å². The maximum absolute atomic E-state index is 11.4. The van der Waals surface area contributed by atoms with E-state index in [1.165, 1.54) is 0 Å². The van der Waals surface area contributed by atoms with E-state index in [-0.39, 0.29) is 29.3 Å². The van der Waals surface area contributed by atoms with E-state index >= 15 is 0 Å². The first kappa shape index (κ1) is 19.9. The summed E-state index contributed by atoms with van der Waals surface area (Å²) in [5.41, 5.74) is -0.352. The van der Waals surface area contributed by atoms with Gasteiger partial charge in [0, 0.05) is 20.0 Å². The van der Waals surface area contributed by atoms with E-state index in [1.54, 1.807) is 19.0 Å². The van der Waals surface area contributed by atoms with Crippen molar-refractivity contribution in [3.8, 4) is 0 Å². The minimum absolute atomic E-state index is 0.125. The Labute approximate surface area is 129 Å². The van der Waals surface area contributed by atoms with Gasteiger partial charge in [-0.3, -0.25) is 9.59 Å². The molecule has 1 heterocycles. The second-order valence-corrected chi connectivity index (χ2v) is 6.33. The molecule has 2 atom stereocenters. The molecule has 0 aliphatic carbocycles. The van der Waals surface area contributed by atoms with Crippen LogP contribution in [0.2, 0.25) is 0 Å². The van der Waals surface area contributed by atoms with E-state index < -0.39 is 0 Å². The third kappa shape index (κ3) is 8.05. The molecular formula is C16H31NO4. The molecule has 5 nitrogen and oxygen atoms in total. The molecule has 0 bridgehead atoms. The normalized spacial score (nSPS) is 18.1. The molecule has 1 amide bonds. The van der Waals surface area contributed by atoms with Crippen LogP contribution < -0.4 is 0 Å². The molecule has 2 unspecified atom stereocenters. The van der Waals surface area contributed by atoms with Crippen LogP contribution in [-0.2, 0) is 19.1 Å². The summed E-state index contributed by atoms with van der Waals surface area (Å²) >= 11 is 0. The highest BCUT2D eigenvalue weighted by molar-refractivity contribution is 5.77. The second kappa shape index (κ2) is 9.03. The Kier molecular flexibility index (Phi) is 8.55. The lowest BCUT2D eigenvalue weighted by atomic mass is 9.91. The van der Waals surface area contributed by atoms with Gasteiger partial charge >= 0.3 is 5.97 Å². The lowest BCUT2D eigenvalue weighted by molar-refractivity contribution is -0.154. The smallest absolute Gasteiger partial charge is 0.311 e. The van der Waals surface area contributed by atoms with Crippen molar-refractivity contribution >= 4 is 11.9 Å². The first-order valence-corrected chi connectivity index (χ1v) is 7.65. The van der Waals surface area contributed by atoms with Crippen molar-refractivity contribution in [2.24, 2.45) is 11.3 Å². The summed E-state index contributed by atoms with van der Waals surface area (Å²) in [6, 6.07) is 0. The summed E-state index contributed by atoms with van der Waals surface area (Å²) in [7, 11) is 3.57. The monoisotopic (exact) mass is 301 g/mol. The highest BCUT2D eigenvalue weighted by atomic mass is 16.6. The molecule has 1 saturated heterocycles. The molecule has 0 spiro atoms. The third-order valence-corrected chi connectivity index (χ3v) is 3.71. The Bertz CT molecular complexity index is 335. The topological polar surface area (TPSA) is 59.1 Å². The van der Waals surface area contributed by atoms with Gasteiger partial charge in [0.15, 0.2) is 0 Å². The zero-order chi connectivity index (χ0) is 16.6. The van der Waals surface area contributed by atoms with Crippen molar-refractivity contribution in [1.82, 2.24) is 4.90 Å². The van der Waals surface area contributed by atoms with E-state index in [2.05, 4.69) is 0 Å². The van der Waals surface area contributed by atoms with Gasteiger partial charge in [-0.1, -0.05) is 20.8 Å². The molecule has 124 valence electrons. The molecule has 1 aliphatic heterocycles. The first-order valence-electron chi connectivity index (χ1n) is 7.65. The average molecular weight is 301 g/mol. The van der Waals surface area contributed by atoms with Crippen LogP contribution in [-0.4, -0.2) is 50.2 Å². The predicted octanol–water partition coefficient (Wildman–Crippen LogP) is 2.49. The van der Waals surface area contributed by atoms with Crippen molar-refractivity contribution in [2.45, 2.75) is 53.6 Å². The van der Waals surface area contributed by atoms with Crippen LogP contribution >= 0.6 is 0 Å². The summed E-state index contributed by atoms with van der Waals surface area (Å²) in [4.78, 5) is 24.0. The number of hydrogen-bond acceptors (Lipinski definition) is 4. The van der Waals surface area contributed by atoms with Crippen molar-refractivity contribution in [3.05, 3.63) is 0 Å². The number of hydrogen-bond donors (Lipinski definition) is 0. The van der Waals surface area contributed by atoms with Gasteiger partial charge in [-0.05, 0) is 26.7 Å². The predicted molar refractivity (Wildman–Crippen MR) is 82.9 cm³/mol. The fraction of sp³-hybridized carbons (Fsp3) is 0.875. The van der Waals surface area contributed by atoms with E-state index in [9.17, 15) is 9.59 Å². The maximum atomic E-state index is 11.4. The van der Waals surface area contributed by atoms with Crippen molar-refractivity contribution in [3.63, 3.8) is 0 Å². The number of esters is 1. The first-order chi connectivity index (χ1) is 9.65. The summed E-state index contributed by atoms with van der Waals surface area (Å²) in [5.74, 6) is 0.276. The number of carbonyl (C=O) groups is 2. The van der Waals surface area contributed by atoms with Gasteiger partial charge in [0.05, 0.1) is 12.0 Å². The number of amides is 1. The van der Waals surface area contributed by atoms with Crippen LogP contribution in [0.4, 0.5) is 0 Å². The zero-order valence-corrected chi connectivity index (χ0v) is 14.6. The Morgan fingerprint density at radius 1 is 1.33 bits per heavy atom. The maximum Gasteiger partial charge on any atom is 0.311 e. The molecule has 0 N–H and O–H groups in total. The quantitative estimate of drug-likeness (QED) is 0.558. The van der Waals surface area contributed by atoms with E-state index in [4.69, 9.17) is 9.47 Å². The second-order valence-electron chi connectivity index (χ2n) is 6.33.